The van der Waals surface area contributed by atoms with Gasteiger partial charge in [-0.25, -0.2) is 4.39 Å². The van der Waals surface area contributed by atoms with Gasteiger partial charge in [0.25, 0.3) is 0 Å². The summed E-state index contributed by atoms with van der Waals surface area (Å²) < 4.78 is 21.4. The van der Waals surface area contributed by atoms with Crippen LogP contribution < -0.4 is 4.74 Å². The van der Waals surface area contributed by atoms with Gasteiger partial charge < -0.3 is 9.64 Å². The summed E-state index contributed by atoms with van der Waals surface area (Å²) in [6.45, 7) is 8.80. The molecule has 0 amide bonds. The van der Waals surface area contributed by atoms with Gasteiger partial charge in [-0.15, -0.1) is 0 Å². The van der Waals surface area contributed by atoms with Crippen molar-refractivity contribution in [2.75, 3.05) is 33.2 Å². The van der Waals surface area contributed by atoms with Crippen molar-refractivity contribution in [2.24, 2.45) is 0 Å². The second-order valence-electron chi connectivity index (χ2n) is 9.54. The summed E-state index contributed by atoms with van der Waals surface area (Å²) in [7, 11) is 2.14. The van der Waals surface area contributed by atoms with Gasteiger partial charge in [-0.3, -0.25) is 20.0 Å². The number of hydrogen-bond acceptors (Lipinski definition) is 6. The summed E-state index contributed by atoms with van der Waals surface area (Å²) in [6.07, 6.45) is 6.13. The Morgan fingerprint density at radius 1 is 1.16 bits per heavy atom. The molecule has 3 aromatic heterocycles. The van der Waals surface area contributed by atoms with Gasteiger partial charge in [0.1, 0.15) is 17.7 Å². The van der Waals surface area contributed by atoms with Crippen molar-refractivity contribution in [1.82, 2.24) is 30.0 Å². The topological polar surface area (TPSA) is 70.2 Å². The smallest absolute Gasteiger partial charge is 0.134 e. The summed E-state index contributed by atoms with van der Waals surface area (Å²) in [5.74, 6) is 0.252. The van der Waals surface area contributed by atoms with Gasteiger partial charge in [0.2, 0.25) is 0 Å². The molecule has 37 heavy (non-hydrogen) atoms. The monoisotopic (exact) mass is 520 g/mol. The first-order valence-corrected chi connectivity index (χ1v) is 12.7. The summed E-state index contributed by atoms with van der Waals surface area (Å²) in [5.41, 5.74) is 4.49. The first kappa shape index (κ1) is 25.3. The number of ether oxygens (including phenoxy) is 1. The van der Waals surface area contributed by atoms with Gasteiger partial charge in [0, 0.05) is 73.9 Å². The van der Waals surface area contributed by atoms with Gasteiger partial charge in [-0.05, 0) is 56.8 Å². The number of H-pyrrole nitrogens is 1. The van der Waals surface area contributed by atoms with E-state index in [2.05, 4.69) is 37.0 Å². The number of nitrogens with zero attached hydrogens (tertiary/aromatic N) is 5. The standard InChI is InChI=1S/C28H30ClFN6O/c1-18-14-31-16-24(29)28(18)19(2)37-22-6-7-26-23(12-22)27(34-33-26)13-25(30)20-4-5-21(32-15-20)17-36-10-8-35(3)9-11-36/h4-7,12-16,19H,8-11,17H2,1-3H3,(H,33,34)/b25-13-/t19-/m1/s1. The molecule has 4 aromatic rings. The molecule has 0 bridgehead atoms. The third-order valence-corrected chi connectivity index (χ3v) is 7.07. The molecule has 0 saturated carbocycles. The normalized spacial score (nSPS) is 16.3. The van der Waals surface area contributed by atoms with Crippen LogP contribution in [0, 0.1) is 6.92 Å². The molecule has 1 saturated heterocycles. The number of nitrogens with one attached hydrogen (secondary N) is 1. The number of fused-ring (bicyclic) bond motifs is 1. The number of piperazine rings is 1. The molecule has 4 heterocycles. The molecular weight excluding hydrogens is 491 g/mol. The molecule has 0 spiro atoms. The molecule has 1 aliphatic rings. The Kier molecular flexibility index (Phi) is 7.50. The Hall–Kier alpha value is -3.33. The Balaban J connectivity index is 1.32. The zero-order valence-electron chi connectivity index (χ0n) is 21.2. The maximum absolute atomic E-state index is 15.2. The molecule has 1 N–H and O–H groups in total. The van der Waals surface area contributed by atoms with E-state index in [1.807, 2.05) is 38.1 Å². The number of aryl methyl sites for hydroxylation is 1. The van der Waals surface area contributed by atoms with Crippen molar-refractivity contribution >= 4 is 34.4 Å². The number of aromatic nitrogens is 4. The lowest BCUT2D eigenvalue weighted by Gasteiger charge is -2.32. The highest BCUT2D eigenvalue weighted by Crippen LogP contribution is 2.32. The van der Waals surface area contributed by atoms with Crippen LogP contribution in [-0.2, 0) is 6.54 Å². The quantitative estimate of drug-likeness (QED) is 0.338. The van der Waals surface area contributed by atoms with Crippen molar-refractivity contribution in [3.05, 3.63) is 82.0 Å². The van der Waals surface area contributed by atoms with Crippen LogP contribution in [0.1, 0.15) is 41.1 Å². The lowest BCUT2D eigenvalue weighted by Crippen LogP contribution is -2.43. The van der Waals surface area contributed by atoms with E-state index in [0.717, 1.165) is 60.4 Å². The summed E-state index contributed by atoms with van der Waals surface area (Å²) in [6, 6.07) is 9.22. The van der Waals surface area contributed by atoms with Crippen LogP contribution in [0.2, 0.25) is 5.02 Å². The molecule has 9 heteroatoms. The number of likely N-dealkylation sites (N-methyl/N-ethyl adjacent to an activating group) is 1. The highest BCUT2D eigenvalue weighted by molar-refractivity contribution is 6.31. The van der Waals surface area contributed by atoms with Gasteiger partial charge in [0.05, 0.1) is 21.9 Å². The highest BCUT2D eigenvalue weighted by atomic mass is 35.5. The minimum atomic E-state index is -0.386. The number of benzene rings is 1. The second-order valence-corrected chi connectivity index (χ2v) is 9.95. The minimum Gasteiger partial charge on any atom is -0.486 e. The molecule has 7 nitrogen and oxygen atoms in total. The van der Waals surface area contributed by atoms with E-state index in [1.165, 1.54) is 6.08 Å². The van der Waals surface area contributed by atoms with Gasteiger partial charge in [-0.1, -0.05) is 11.6 Å². The second kappa shape index (κ2) is 11.0. The lowest BCUT2D eigenvalue weighted by atomic mass is 10.1. The van der Waals surface area contributed by atoms with E-state index >= 15 is 4.39 Å². The third kappa shape index (κ3) is 5.82. The van der Waals surface area contributed by atoms with Gasteiger partial charge in [-0.2, -0.15) is 5.10 Å². The van der Waals surface area contributed by atoms with E-state index in [9.17, 15) is 0 Å². The first-order chi connectivity index (χ1) is 17.9. The molecule has 5 rings (SSSR count). The molecule has 1 aromatic carbocycles. The van der Waals surface area contributed by atoms with Crippen LogP contribution in [0.15, 0.2) is 48.9 Å². The Labute approximate surface area is 220 Å². The van der Waals surface area contributed by atoms with Crippen molar-refractivity contribution in [2.45, 2.75) is 26.5 Å². The molecular formula is C28H30ClFN6O. The minimum absolute atomic E-state index is 0.286. The fraction of sp³-hybridized carbons (Fsp3) is 0.321. The van der Waals surface area contributed by atoms with Crippen molar-refractivity contribution in [3.8, 4) is 5.75 Å². The Morgan fingerprint density at radius 3 is 2.70 bits per heavy atom. The number of pyridine rings is 2. The van der Waals surface area contributed by atoms with E-state index in [0.29, 0.717) is 22.0 Å². The van der Waals surface area contributed by atoms with E-state index in [-0.39, 0.29) is 11.9 Å². The zero-order chi connectivity index (χ0) is 25.9. The average Bonchev–Trinajstić information content (AvgIpc) is 3.27. The van der Waals surface area contributed by atoms with E-state index < -0.39 is 0 Å². The van der Waals surface area contributed by atoms with Crippen LogP contribution in [0.4, 0.5) is 4.39 Å². The van der Waals surface area contributed by atoms with Crippen molar-refractivity contribution in [1.29, 1.82) is 0 Å². The SMILES string of the molecule is Cc1cncc(Cl)c1[C@@H](C)Oc1ccc2n[nH]c(/C=C(\F)c3ccc(CN4CCN(C)CC4)nc3)c2c1. The number of rotatable bonds is 7. The lowest BCUT2D eigenvalue weighted by molar-refractivity contribution is 0.147. The number of hydrogen-bond donors (Lipinski definition) is 1. The average molecular weight is 521 g/mol. The predicted octanol–water partition coefficient (Wildman–Crippen LogP) is 5.67. The van der Waals surface area contributed by atoms with Crippen LogP contribution in [0.25, 0.3) is 22.8 Å². The highest BCUT2D eigenvalue weighted by Gasteiger charge is 2.17. The maximum atomic E-state index is 15.2. The Morgan fingerprint density at radius 2 is 1.97 bits per heavy atom. The molecule has 192 valence electrons. The Bertz CT molecular complexity index is 1390. The van der Waals surface area contributed by atoms with E-state index in [4.69, 9.17) is 16.3 Å². The molecule has 1 atom stereocenters. The van der Waals surface area contributed by atoms with Crippen LogP contribution in [-0.4, -0.2) is 63.2 Å². The maximum Gasteiger partial charge on any atom is 0.134 e. The van der Waals surface area contributed by atoms with Crippen molar-refractivity contribution < 1.29 is 9.13 Å². The zero-order valence-corrected chi connectivity index (χ0v) is 22.0. The number of halogens is 2. The molecule has 1 aliphatic heterocycles. The molecule has 1 fully saturated rings. The summed E-state index contributed by atoms with van der Waals surface area (Å²) in [5, 5.41) is 8.56. The predicted molar refractivity (Wildman–Crippen MR) is 145 cm³/mol. The fourth-order valence-corrected chi connectivity index (χ4v) is 4.98. The summed E-state index contributed by atoms with van der Waals surface area (Å²) in [4.78, 5) is 13.3. The fourth-order valence-electron chi connectivity index (χ4n) is 4.62. The first-order valence-electron chi connectivity index (χ1n) is 12.4. The largest absolute Gasteiger partial charge is 0.486 e. The van der Waals surface area contributed by atoms with Gasteiger partial charge >= 0.3 is 0 Å². The molecule has 0 radical (unpaired) electrons. The van der Waals surface area contributed by atoms with Crippen molar-refractivity contribution in [3.63, 3.8) is 0 Å². The van der Waals surface area contributed by atoms with Crippen LogP contribution >= 0.6 is 11.6 Å². The third-order valence-electron chi connectivity index (χ3n) is 6.77. The van der Waals surface area contributed by atoms with E-state index in [1.54, 1.807) is 24.7 Å². The summed E-state index contributed by atoms with van der Waals surface area (Å²) >= 11 is 6.36. The number of aromatic amines is 1. The molecule has 0 unspecified atom stereocenters. The van der Waals surface area contributed by atoms with Crippen LogP contribution in [0.3, 0.4) is 0 Å². The van der Waals surface area contributed by atoms with Gasteiger partial charge in [0.15, 0.2) is 0 Å². The van der Waals surface area contributed by atoms with Crippen LogP contribution in [0.5, 0.6) is 5.75 Å². The molecule has 0 aliphatic carbocycles.